The highest BCUT2D eigenvalue weighted by Crippen LogP contribution is 2.28. The molecule has 1 aliphatic rings. The van der Waals surface area contributed by atoms with Gasteiger partial charge in [-0.2, -0.15) is 0 Å². The maximum atomic E-state index is 10.6. The molecule has 1 fully saturated rings. The van der Waals surface area contributed by atoms with Gasteiger partial charge in [0, 0.05) is 34.9 Å². The van der Waals surface area contributed by atoms with Crippen LogP contribution in [0, 0.1) is 10.1 Å². The first kappa shape index (κ1) is 12.3. The van der Waals surface area contributed by atoms with Crippen molar-refractivity contribution < 1.29 is 4.92 Å². The normalized spacial score (nSPS) is 19.9. The highest BCUT2D eigenvalue weighted by Gasteiger charge is 2.15. The molecule has 1 atom stereocenters. The summed E-state index contributed by atoms with van der Waals surface area (Å²) in [5.74, 6) is 0. The van der Waals surface area contributed by atoms with Crippen molar-refractivity contribution in [3.63, 3.8) is 0 Å². The van der Waals surface area contributed by atoms with E-state index in [2.05, 4.69) is 26.6 Å². The van der Waals surface area contributed by atoms with E-state index in [1.54, 1.807) is 6.07 Å². The zero-order valence-electron chi connectivity index (χ0n) is 9.28. The standard InChI is InChI=1S/C11H14BrN3O2/c12-10-6-9(15(16)17)3-4-11(10)14-8-2-1-5-13-7-8/h3-4,6,8,13-14H,1-2,5,7H2. The molecule has 6 heteroatoms. The molecule has 1 heterocycles. The molecule has 1 unspecified atom stereocenters. The van der Waals surface area contributed by atoms with Crippen LogP contribution in [0.2, 0.25) is 0 Å². The molecule has 1 aliphatic heterocycles. The lowest BCUT2D eigenvalue weighted by molar-refractivity contribution is -0.384. The SMILES string of the molecule is O=[N+]([O-])c1ccc(NC2CCCNC2)c(Br)c1. The van der Waals surface area contributed by atoms with Gasteiger partial charge in [0.05, 0.1) is 4.92 Å². The molecule has 1 saturated heterocycles. The summed E-state index contributed by atoms with van der Waals surface area (Å²) in [4.78, 5) is 10.2. The number of nitro benzene ring substituents is 1. The first-order valence-electron chi connectivity index (χ1n) is 5.58. The summed E-state index contributed by atoms with van der Waals surface area (Å²) in [6, 6.07) is 5.18. The van der Waals surface area contributed by atoms with E-state index in [0.717, 1.165) is 36.1 Å². The van der Waals surface area contributed by atoms with Crippen LogP contribution in [-0.4, -0.2) is 24.1 Å². The quantitative estimate of drug-likeness (QED) is 0.665. The lowest BCUT2D eigenvalue weighted by atomic mass is 10.1. The number of hydrogen-bond donors (Lipinski definition) is 2. The Morgan fingerprint density at radius 1 is 1.53 bits per heavy atom. The molecular formula is C11H14BrN3O2. The molecule has 5 nitrogen and oxygen atoms in total. The van der Waals surface area contributed by atoms with Crippen LogP contribution in [0.3, 0.4) is 0 Å². The van der Waals surface area contributed by atoms with Gasteiger partial charge in [0.1, 0.15) is 0 Å². The number of hydrogen-bond acceptors (Lipinski definition) is 4. The summed E-state index contributed by atoms with van der Waals surface area (Å²) in [5, 5.41) is 17.3. The second-order valence-corrected chi connectivity index (χ2v) is 4.96. The Bertz CT molecular complexity index is 419. The van der Waals surface area contributed by atoms with E-state index in [0.29, 0.717) is 6.04 Å². The third-order valence-corrected chi connectivity index (χ3v) is 3.48. The van der Waals surface area contributed by atoms with Gasteiger partial charge in [-0.1, -0.05) is 0 Å². The number of halogens is 1. The molecule has 0 bridgehead atoms. The third-order valence-electron chi connectivity index (χ3n) is 2.82. The van der Waals surface area contributed by atoms with Gasteiger partial charge in [-0.05, 0) is 41.4 Å². The van der Waals surface area contributed by atoms with Gasteiger partial charge < -0.3 is 10.6 Å². The average molecular weight is 300 g/mol. The van der Waals surface area contributed by atoms with Gasteiger partial charge in [-0.25, -0.2) is 0 Å². The van der Waals surface area contributed by atoms with Crippen LogP contribution in [0.5, 0.6) is 0 Å². The zero-order chi connectivity index (χ0) is 12.3. The summed E-state index contributed by atoms with van der Waals surface area (Å²) in [6.07, 6.45) is 2.28. The van der Waals surface area contributed by atoms with Crippen LogP contribution in [0.15, 0.2) is 22.7 Å². The number of non-ortho nitro benzene ring substituents is 1. The third kappa shape index (κ3) is 3.17. The number of benzene rings is 1. The van der Waals surface area contributed by atoms with Gasteiger partial charge in [-0.15, -0.1) is 0 Å². The van der Waals surface area contributed by atoms with E-state index < -0.39 is 4.92 Å². The minimum atomic E-state index is -0.392. The predicted octanol–water partition coefficient (Wildman–Crippen LogP) is 2.52. The highest BCUT2D eigenvalue weighted by molar-refractivity contribution is 9.10. The zero-order valence-corrected chi connectivity index (χ0v) is 10.9. The lowest BCUT2D eigenvalue weighted by Gasteiger charge is -2.25. The average Bonchev–Trinajstić information content (AvgIpc) is 2.33. The van der Waals surface area contributed by atoms with E-state index in [4.69, 9.17) is 0 Å². The van der Waals surface area contributed by atoms with Gasteiger partial charge in [0.25, 0.3) is 5.69 Å². The van der Waals surface area contributed by atoms with Gasteiger partial charge >= 0.3 is 0 Å². The first-order chi connectivity index (χ1) is 8.16. The predicted molar refractivity (Wildman–Crippen MR) is 70.3 cm³/mol. The monoisotopic (exact) mass is 299 g/mol. The Kier molecular flexibility index (Phi) is 3.96. The van der Waals surface area contributed by atoms with E-state index in [9.17, 15) is 10.1 Å². The van der Waals surface area contributed by atoms with Gasteiger partial charge in [0.15, 0.2) is 0 Å². The summed E-state index contributed by atoms with van der Waals surface area (Å²) in [6.45, 7) is 2.00. The number of anilines is 1. The molecule has 0 amide bonds. The van der Waals surface area contributed by atoms with Crippen molar-refractivity contribution in [2.24, 2.45) is 0 Å². The van der Waals surface area contributed by atoms with Crippen LogP contribution in [0.4, 0.5) is 11.4 Å². The lowest BCUT2D eigenvalue weighted by Crippen LogP contribution is -2.38. The van der Waals surface area contributed by atoms with Crippen molar-refractivity contribution in [1.82, 2.24) is 5.32 Å². The summed E-state index contributed by atoms with van der Waals surface area (Å²) < 4.78 is 0.734. The molecule has 0 aliphatic carbocycles. The van der Waals surface area contributed by atoms with Gasteiger partial charge in [-0.3, -0.25) is 10.1 Å². The van der Waals surface area contributed by atoms with Crippen molar-refractivity contribution in [1.29, 1.82) is 0 Å². The Balaban J connectivity index is 2.08. The van der Waals surface area contributed by atoms with Crippen LogP contribution in [-0.2, 0) is 0 Å². The molecule has 2 N–H and O–H groups in total. The number of nitro groups is 1. The maximum absolute atomic E-state index is 10.6. The fourth-order valence-electron chi connectivity index (χ4n) is 1.93. The minimum Gasteiger partial charge on any atom is -0.380 e. The number of piperidine rings is 1. The molecular weight excluding hydrogens is 286 g/mol. The van der Waals surface area contributed by atoms with E-state index >= 15 is 0 Å². The van der Waals surface area contributed by atoms with Crippen LogP contribution < -0.4 is 10.6 Å². The molecule has 92 valence electrons. The first-order valence-corrected chi connectivity index (χ1v) is 6.37. The molecule has 0 saturated carbocycles. The smallest absolute Gasteiger partial charge is 0.270 e. The summed E-state index contributed by atoms with van der Waals surface area (Å²) in [7, 11) is 0. The fourth-order valence-corrected chi connectivity index (χ4v) is 2.41. The largest absolute Gasteiger partial charge is 0.380 e. The topological polar surface area (TPSA) is 67.2 Å². The van der Waals surface area contributed by atoms with Gasteiger partial charge in [0.2, 0.25) is 0 Å². The van der Waals surface area contributed by atoms with Crippen molar-refractivity contribution >= 4 is 27.3 Å². The highest BCUT2D eigenvalue weighted by atomic mass is 79.9. The van der Waals surface area contributed by atoms with E-state index in [1.165, 1.54) is 12.1 Å². The maximum Gasteiger partial charge on any atom is 0.270 e. The second kappa shape index (κ2) is 5.46. The summed E-state index contributed by atoms with van der Waals surface area (Å²) in [5.41, 5.74) is 1.01. The number of rotatable bonds is 3. The van der Waals surface area contributed by atoms with Crippen molar-refractivity contribution in [3.8, 4) is 0 Å². The van der Waals surface area contributed by atoms with Crippen molar-refractivity contribution in [2.75, 3.05) is 18.4 Å². The van der Waals surface area contributed by atoms with Crippen LogP contribution in [0.25, 0.3) is 0 Å². The fraction of sp³-hybridized carbons (Fsp3) is 0.455. The van der Waals surface area contributed by atoms with Crippen molar-refractivity contribution in [2.45, 2.75) is 18.9 Å². The Hall–Kier alpha value is -1.14. The summed E-state index contributed by atoms with van der Waals surface area (Å²) >= 11 is 3.35. The Morgan fingerprint density at radius 2 is 2.35 bits per heavy atom. The Morgan fingerprint density at radius 3 is 2.94 bits per heavy atom. The molecule has 0 aromatic heterocycles. The minimum absolute atomic E-state index is 0.101. The molecule has 17 heavy (non-hydrogen) atoms. The van der Waals surface area contributed by atoms with Crippen LogP contribution in [0.1, 0.15) is 12.8 Å². The van der Waals surface area contributed by atoms with E-state index in [-0.39, 0.29) is 5.69 Å². The molecule has 2 rings (SSSR count). The molecule has 0 spiro atoms. The van der Waals surface area contributed by atoms with Crippen molar-refractivity contribution in [3.05, 3.63) is 32.8 Å². The number of nitrogens with zero attached hydrogens (tertiary/aromatic N) is 1. The number of nitrogens with one attached hydrogen (secondary N) is 2. The Labute approximate surface area is 108 Å². The molecule has 1 aromatic carbocycles. The second-order valence-electron chi connectivity index (χ2n) is 4.11. The van der Waals surface area contributed by atoms with Crippen LogP contribution >= 0.6 is 15.9 Å². The molecule has 1 aromatic rings. The molecule has 0 radical (unpaired) electrons. The van der Waals surface area contributed by atoms with E-state index in [1.807, 2.05) is 0 Å².